The Balaban J connectivity index is 1.15. The lowest BCUT2D eigenvalue weighted by atomic mass is 9.77. The average Bonchev–Trinajstić information content (AvgIpc) is 3.76. The van der Waals surface area contributed by atoms with Gasteiger partial charge in [0.15, 0.2) is 5.78 Å². The highest BCUT2D eigenvalue weighted by Crippen LogP contribution is 2.36. The normalized spacial score (nSPS) is 16.2. The van der Waals surface area contributed by atoms with E-state index in [9.17, 15) is 9.59 Å². The number of aryl methyl sites for hydroxylation is 1. The summed E-state index contributed by atoms with van der Waals surface area (Å²) in [5, 5.41) is 14.3. The number of hydrogen-bond acceptors (Lipinski definition) is 5. The minimum absolute atomic E-state index is 0.116. The van der Waals surface area contributed by atoms with Crippen LogP contribution in [0.2, 0.25) is 0 Å². The van der Waals surface area contributed by atoms with E-state index in [1.54, 1.807) is 4.68 Å². The van der Waals surface area contributed by atoms with Crippen molar-refractivity contribution >= 4 is 29.0 Å². The van der Waals surface area contributed by atoms with Crippen LogP contribution in [0.5, 0.6) is 0 Å². The van der Waals surface area contributed by atoms with Crippen LogP contribution < -0.4 is 20.9 Å². The number of amides is 2. The van der Waals surface area contributed by atoms with Crippen molar-refractivity contribution in [3.05, 3.63) is 101 Å². The Hall–Kier alpha value is -4.43. The van der Waals surface area contributed by atoms with Crippen LogP contribution >= 0.6 is 0 Å². The van der Waals surface area contributed by atoms with Gasteiger partial charge in [-0.3, -0.25) is 10.1 Å². The summed E-state index contributed by atoms with van der Waals surface area (Å²) in [4.78, 5) is 29.2. The molecule has 1 aromatic heterocycles. The molecule has 2 aliphatic heterocycles. The Morgan fingerprint density at radius 2 is 1.51 bits per heavy atom. The third-order valence-electron chi connectivity index (χ3n) is 9.61. The third kappa shape index (κ3) is 7.93. The van der Waals surface area contributed by atoms with Crippen LogP contribution in [0, 0.1) is 12.8 Å². The summed E-state index contributed by atoms with van der Waals surface area (Å²) in [5.41, 5.74) is 6.56. The van der Waals surface area contributed by atoms with Gasteiger partial charge in [0.2, 0.25) is 0 Å². The molecular weight excluding hydrogens is 584 g/mol. The van der Waals surface area contributed by atoms with Crippen LogP contribution in [0.1, 0.15) is 86.0 Å². The highest BCUT2D eigenvalue weighted by molar-refractivity contribution is 5.99. The second-order valence-corrected chi connectivity index (χ2v) is 14.2. The number of nitrogens with one attached hydrogen (secondary N) is 3. The SMILES string of the molecule is Cc1ccc(-n2nc(C(C)(C)C)cc2NC(=O)Nc2ccc(C(CC(=O)c3ccc(N4CCCC4)cc3)C3CCNCC3)cc2)cc1. The minimum atomic E-state index is -0.339. The number of piperidine rings is 1. The highest BCUT2D eigenvalue weighted by Gasteiger charge is 2.28. The molecule has 0 aliphatic carbocycles. The molecule has 2 saturated heterocycles. The Labute approximate surface area is 278 Å². The summed E-state index contributed by atoms with van der Waals surface area (Å²) in [6.07, 6.45) is 5.02. The maximum atomic E-state index is 13.6. The number of Topliss-reactive ketones (excluding diaryl/α,β-unsaturated/α-hetero) is 1. The molecule has 1 unspecified atom stereocenters. The standard InChI is InChI=1S/C39H48N6O2/c1-27-7-15-33(16-8-27)45-37(26-36(43-45)39(2,3)4)42-38(47)41-31-13-9-28(10-14-31)34(29-19-21-40-22-20-29)25-35(46)30-11-17-32(18-12-30)44-23-5-6-24-44/h7-18,26,29,34,40H,5-6,19-25H2,1-4H3,(H2,41,42,47). The molecule has 4 aromatic rings. The molecule has 1 atom stereocenters. The highest BCUT2D eigenvalue weighted by atomic mass is 16.2. The maximum Gasteiger partial charge on any atom is 0.324 e. The van der Waals surface area contributed by atoms with Crippen molar-refractivity contribution in [3.63, 3.8) is 0 Å². The zero-order chi connectivity index (χ0) is 33.0. The van der Waals surface area contributed by atoms with Crippen molar-refractivity contribution in [2.75, 3.05) is 41.7 Å². The van der Waals surface area contributed by atoms with Crippen molar-refractivity contribution in [2.24, 2.45) is 5.92 Å². The lowest BCUT2D eigenvalue weighted by Crippen LogP contribution is -2.31. The molecule has 47 heavy (non-hydrogen) atoms. The number of carbonyl (C=O) groups is 2. The summed E-state index contributed by atoms with van der Waals surface area (Å²) in [7, 11) is 0. The van der Waals surface area contributed by atoms with Gasteiger partial charge in [-0.2, -0.15) is 5.10 Å². The Morgan fingerprint density at radius 1 is 0.872 bits per heavy atom. The number of ketones is 1. The van der Waals surface area contributed by atoms with Crippen LogP contribution in [-0.4, -0.2) is 47.8 Å². The first-order valence-electron chi connectivity index (χ1n) is 17.1. The average molecular weight is 633 g/mol. The molecule has 3 aromatic carbocycles. The van der Waals surface area contributed by atoms with Crippen LogP contribution in [0.4, 0.5) is 22.0 Å². The van der Waals surface area contributed by atoms with Crippen LogP contribution in [0.25, 0.3) is 5.69 Å². The summed E-state index contributed by atoms with van der Waals surface area (Å²) >= 11 is 0. The zero-order valence-electron chi connectivity index (χ0n) is 28.2. The molecule has 8 nitrogen and oxygen atoms in total. The number of aromatic nitrogens is 2. The Morgan fingerprint density at radius 3 is 2.15 bits per heavy atom. The smallest absolute Gasteiger partial charge is 0.324 e. The van der Waals surface area contributed by atoms with Crippen molar-refractivity contribution in [3.8, 4) is 5.69 Å². The van der Waals surface area contributed by atoms with Gasteiger partial charge in [-0.15, -0.1) is 0 Å². The largest absolute Gasteiger partial charge is 0.372 e. The molecule has 2 amide bonds. The second-order valence-electron chi connectivity index (χ2n) is 14.2. The van der Waals surface area contributed by atoms with Crippen molar-refractivity contribution in [1.29, 1.82) is 0 Å². The van der Waals surface area contributed by atoms with E-state index in [0.717, 1.165) is 67.1 Å². The van der Waals surface area contributed by atoms with E-state index in [2.05, 4.69) is 65.9 Å². The van der Waals surface area contributed by atoms with Gasteiger partial charge in [0.05, 0.1) is 11.4 Å². The van der Waals surface area contributed by atoms with Gasteiger partial charge in [0, 0.05) is 47.9 Å². The fourth-order valence-corrected chi connectivity index (χ4v) is 6.77. The van der Waals surface area contributed by atoms with E-state index in [1.165, 1.54) is 18.5 Å². The van der Waals surface area contributed by atoms with Crippen LogP contribution in [0.3, 0.4) is 0 Å². The predicted octanol–water partition coefficient (Wildman–Crippen LogP) is 8.08. The second kappa shape index (κ2) is 14.1. The number of hydrogen-bond donors (Lipinski definition) is 3. The van der Waals surface area contributed by atoms with E-state index < -0.39 is 0 Å². The molecule has 3 heterocycles. The topological polar surface area (TPSA) is 91.3 Å². The van der Waals surface area contributed by atoms with E-state index in [4.69, 9.17) is 5.10 Å². The molecule has 2 fully saturated rings. The minimum Gasteiger partial charge on any atom is -0.372 e. The molecule has 2 aliphatic rings. The molecule has 0 saturated carbocycles. The molecule has 3 N–H and O–H groups in total. The molecule has 6 rings (SSSR count). The molecule has 0 spiro atoms. The first kappa shape index (κ1) is 32.5. The fraction of sp³-hybridized carbons (Fsp3) is 0.410. The summed E-state index contributed by atoms with van der Waals surface area (Å²) in [6, 6.07) is 25.9. The van der Waals surface area contributed by atoms with Gasteiger partial charge in [-0.1, -0.05) is 50.6 Å². The number of anilines is 3. The molecular formula is C39H48N6O2. The van der Waals surface area contributed by atoms with Gasteiger partial charge in [0.25, 0.3) is 0 Å². The van der Waals surface area contributed by atoms with E-state index in [1.807, 2.05) is 61.5 Å². The molecule has 0 radical (unpaired) electrons. The first-order valence-corrected chi connectivity index (χ1v) is 17.1. The number of carbonyl (C=O) groups excluding carboxylic acids is 2. The third-order valence-corrected chi connectivity index (χ3v) is 9.61. The monoisotopic (exact) mass is 632 g/mol. The predicted molar refractivity (Wildman–Crippen MR) is 191 cm³/mol. The fourth-order valence-electron chi connectivity index (χ4n) is 6.77. The van der Waals surface area contributed by atoms with E-state index in [0.29, 0.717) is 23.8 Å². The van der Waals surface area contributed by atoms with Gasteiger partial charge in [0.1, 0.15) is 5.82 Å². The lowest BCUT2D eigenvalue weighted by Gasteiger charge is -2.31. The number of urea groups is 1. The van der Waals surface area contributed by atoms with Gasteiger partial charge >= 0.3 is 6.03 Å². The van der Waals surface area contributed by atoms with Gasteiger partial charge in [-0.05, 0) is 112 Å². The Kier molecular flexibility index (Phi) is 9.78. The maximum absolute atomic E-state index is 13.6. The number of nitrogens with zero attached hydrogens (tertiary/aromatic N) is 3. The van der Waals surface area contributed by atoms with E-state index >= 15 is 0 Å². The van der Waals surface area contributed by atoms with Gasteiger partial charge in [-0.25, -0.2) is 9.48 Å². The number of benzene rings is 3. The number of rotatable bonds is 9. The first-order chi connectivity index (χ1) is 22.6. The quantitative estimate of drug-likeness (QED) is 0.162. The van der Waals surface area contributed by atoms with Crippen molar-refractivity contribution in [1.82, 2.24) is 15.1 Å². The molecule has 0 bridgehead atoms. The molecule has 246 valence electrons. The lowest BCUT2D eigenvalue weighted by molar-refractivity contribution is 0.0959. The zero-order valence-corrected chi connectivity index (χ0v) is 28.2. The summed E-state index contributed by atoms with van der Waals surface area (Å²) in [5.74, 6) is 1.32. The van der Waals surface area contributed by atoms with Crippen molar-refractivity contribution < 1.29 is 9.59 Å². The Bertz CT molecular complexity index is 1660. The van der Waals surface area contributed by atoms with Crippen molar-refractivity contribution in [2.45, 2.75) is 71.1 Å². The van der Waals surface area contributed by atoms with E-state index in [-0.39, 0.29) is 23.1 Å². The summed E-state index contributed by atoms with van der Waals surface area (Å²) in [6.45, 7) is 12.5. The molecule has 8 heteroatoms. The summed E-state index contributed by atoms with van der Waals surface area (Å²) < 4.78 is 1.78. The van der Waals surface area contributed by atoms with Crippen LogP contribution in [-0.2, 0) is 5.41 Å². The van der Waals surface area contributed by atoms with Gasteiger partial charge < -0.3 is 15.5 Å². The van der Waals surface area contributed by atoms with Crippen LogP contribution in [0.15, 0.2) is 78.9 Å².